The van der Waals surface area contributed by atoms with Crippen molar-refractivity contribution in [2.75, 3.05) is 5.88 Å². The second kappa shape index (κ2) is 5.56. The standard InChI is InChI=1S/C12H13ClO2/c1-9-5-6-11(12(14)15)10(8-9)4-2-3-7-13/h2,4-6,8H,3,7H2,1H3,(H,14,15). The third-order valence-electron chi connectivity index (χ3n) is 2.01. The van der Waals surface area contributed by atoms with Crippen LogP contribution in [0.1, 0.15) is 27.9 Å². The Bertz CT molecular complexity index is 383. The van der Waals surface area contributed by atoms with Crippen molar-refractivity contribution in [2.45, 2.75) is 13.3 Å². The molecule has 0 aromatic heterocycles. The quantitative estimate of drug-likeness (QED) is 0.797. The molecule has 0 saturated carbocycles. The highest BCUT2D eigenvalue weighted by molar-refractivity contribution is 6.17. The number of alkyl halides is 1. The van der Waals surface area contributed by atoms with Gasteiger partial charge >= 0.3 is 5.97 Å². The van der Waals surface area contributed by atoms with Crippen molar-refractivity contribution in [3.8, 4) is 0 Å². The zero-order valence-corrected chi connectivity index (χ0v) is 9.29. The van der Waals surface area contributed by atoms with Gasteiger partial charge in [0.05, 0.1) is 5.56 Å². The van der Waals surface area contributed by atoms with Crippen LogP contribution in [0.25, 0.3) is 6.08 Å². The Hall–Kier alpha value is -1.28. The van der Waals surface area contributed by atoms with E-state index in [1.165, 1.54) is 0 Å². The molecule has 0 heterocycles. The minimum atomic E-state index is -0.902. The zero-order chi connectivity index (χ0) is 11.3. The highest BCUT2D eigenvalue weighted by Crippen LogP contribution is 2.14. The molecule has 1 rings (SSSR count). The molecule has 0 aliphatic heterocycles. The van der Waals surface area contributed by atoms with Gasteiger partial charge in [-0.2, -0.15) is 0 Å². The zero-order valence-electron chi connectivity index (χ0n) is 8.53. The average Bonchev–Trinajstić information content (AvgIpc) is 2.18. The number of carbonyl (C=O) groups is 1. The van der Waals surface area contributed by atoms with Crippen molar-refractivity contribution in [3.63, 3.8) is 0 Å². The average molecular weight is 225 g/mol. The first-order valence-electron chi connectivity index (χ1n) is 4.71. The van der Waals surface area contributed by atoms with Crippen LogP contribution >= 0.6 is 11.6 Å². The molecule has 1 aromatic carbocycles. The van der Waals surface area contributed by atoms with Gasteiger partial charge in [-0.1, -0.05) is 29.8 Å². The number of rotatable bonds is 4. The monoisotopic (exact) mass is 224 g/mol. The molecular formula is C12H13ClO2. The van der Waals surface area contributed by atoms with E-state index in [2.05, 4.69) is 0 Å². The number of allylic oxidation sites excluding steroid dienone is 1. The number of hydrogen-bond acceptors (Lipinski definition) is 1. The molecule has 15 heavy (non-hydrogen) atoms. The first-order valence-corrected chi connectivity index (χ1v) is 5.25. The fraction of sp³-hybridized carbons (Fsp3) is 0.250. The third kappa shape index (κ3) is 3.40. The predicted octanol–water partition coefficient (Wildman–Crippen LogP) is 3.34. The first kappa shape index (κ1) is 11.8. The Morgan fingerprint density at radius 2 is 2.27 bits per heavy atom. The largest absolute Gasteiger partial charge is 0.478 e. The van der Waals surface area contributed by atoms with Crippen LogP contribution in [-0.2, 0) is 0 Å². The minimum Gasteiger partial charge on any atom is -0.478 e. The molecule has 0 atom stereocenters. The number of carboxylic acid groups (broad SMARTS) is 1. The van der Waals surface area contributed by atoms with E-state index in [-0.39, 0.29) is 0 Å². The second-order valence-electron chi connectivity index (χ2n) is 3.28. The highest BCUT2D eigenvalue weighted by Gasteiger charge is 2.06. The van der Waals surface area contributed by atoms with Crippen molar-refractivity contribution in [2.24, 2.45) is 0 Å². The molecule has 0 saturated heterocycles. The number of halogens is 1. The summed E-state index contributed by atoms with van der Waals surface area (Å²) in [7, 11) is 0. The maximum Gasteiger partial charge on any atom is 0.336 e. The first-order chi connectivity index (χ1) is 7.15. The maximum absolute atomic E-state index is 10.9. The van der Waals surface area contributed by atoms with Crippen LogP contribution in [0.4, 0.5) is 0 Å². The predicted molar refractivity (Wildman–Crippen MR) is 62.5 cm³/mol. The molecule has 0 aliphatic carbocycles. The van der Waals surface area contributed by atoms with Gasteiger partial charge in [-0.3, -0.25) is 0 Å². The van der Waals surface area contributed by atoms with Gasteiger partial charge in [0, 0.05) is 5.88 Å². The van der Waals surface area contributed by atoms with E-state index in [0.717, 1.165) is 17.5 Å². The van der Waals surface area contributed by atoms with Gasteiger partial charge in [-0.15, -0.1) is 11.6 Å². The van der Waals surface area contributed by atoms with Gasteiger partial charge < -0.3 is 5.11 Å². The van der Waals surface area contributed by atoms with Gasteiger partial charge in [-0.25, -0.2) is 4.79 Å². The molecule has 80 valence electrons. The molecule has 0 unspecified atom stereocenters. The Balaban J connectivity index is 3.02. The third-order valence-corrected chi connectivity index (χ3v) is 2.23. The van der Waals surface area contributed by atoms with Gasteiger partial charge in [0.15, 0.2) is 0 Å². The maximum atomic E-state index is 10.9. The van der Waals surface area contributed by atoms with Gasteiger partial charge in [-0.05, 0) is 25.0 Å². The lowest BCUT2D eigenvalue weighted by Gasteiger charge is -2.02. The summed E-state index contributed by atoms with van der Waals surface area (Å²) in [6.07, 6.45) is 4.43. The molecule has 0 fully saturated rings. The van der Waals surface area contributed by atoms with Crippen LogP contribution < -0.4 is 0 Å². The second-order valence-corrected chi connectivity index (χ2v) is 3.65. The van der Waals surface area contributed by atoms with E-state index in [1.807, 2.05) is 19.1 Å². The van der Waals surface area contributed by atoms with E-state index in [4.69, 9.17) is 16.7 Å². The molecule has 0 aliphatic rings. The Morgan fingerprint density at radius 1 is 1.53 bits per heavy atom. The lowest BCUT2D eigenvalue weighted by Crippen LogP contribution is -1.99. The lowest BCUT2D eigenvalue weighted by atomic mass is 10.0. The molecule has 0 bridgehead atoms. The molecule has 0 amide bonds. The Kier molecular flexibility index (Phi) is 4.37. The molecular weight excluding hydrogens is 212 g/mol. The fourth-order valence-electron chi connectivity index (χ4n) is 1.29. The number of carboxylic acids is 1. The van der Waals surface area contributed by atoms with Crippen LogP contribution in [0, 0.1) is 6.92 Å². The molecule has 3 heteroatoms. The van der Waals surface area contributed by atoms with E-state index in [0.29, 0.717) is 11.4 Å². The number of benzene rings is 1. The number of hydrogen-bond donors (Lipinski definition) is 1. The summed E-state index contributed by atoms with van der Waals surface area (Å²) < 4.78 is 0. The summed E-state index contributed by atoms with van der Waals surface area (Å²) >= 11 is 5.53. The van der Waals surface area contributed by atoms with Gasteiger partial charge in [0.1, 0.15) is 0 Å². The lowest BCUT2D eigenvalue weighted by molar-refractivity contribution is 0.0696. The summed E-state index contributed by atoms with van der Waals surface area (Å²) in [5, 5.41) is 8.95. The van der Waals surface area contributed by atoms with Crippen LogP contribution in [-0.4, -0.2) is 17.0 Å². The summed E-state index contributed by atoms with van der Waals surface area (Å²) in [5.41, 5.74) is 2.10. The SMILES string of the molecule is Cc1ccc(C(=O)O)c(C=CCCCl)c1. The minimum absolute atomic E-state index is 0.325. The van der Waals surface area contributed by atoms with Crippen LogP contribution in [0.15, 0.2) is 24.3 Å². The van der Waals surface area contributed by atoms with Crippen molar-refractivity contribution in [1.29, 1.82) is 0 Å². The normalized spacial score (nSPS) is 10.8. The van der Waals surface area contributed by atoms with Crippen LogP contribution in [0.5, 0.6) is 0 Å². The van der Waals surface area contributed by atoms with E-state index < -0.39 is 5.97 Å². The Labute approximate surface area is 94.2 Å². The number of aryl methyl sites for hydroxylation is 1. The van der Waals surface area contributed by atoms with Crippen molar-refractivity contribution in [3.05, 3.63) is 41.0 Å². The molecule has 0 spiro atoms. The fourth-order valence-corrected chi connectivity index (χ4v) is 1.41. The van der Waals surface area contributed by atoms with Crippen LogP contribution in [0.2, 0.25) is 0 Å². The van der Waals surface area contributed by atoms with Crippen LogP contribution in [0.3, 0.4) is 0 Å². The molecule has 1 aromatic rings. The highest BCUT2D eigenvalue weighted by atomic mass is 35.5. The Morgan fingerprint density at radius 3 is 2.87 bits per heavy atom. The van der Waals surface area contributed by atoms with Crippen molar-refractivity contribution < 1.29 is 9.90 Å². The smallest absolute Gasteiger partial charge is 0.336 e. The summed E-state index contributed by atoms with van der Waals surface area (Å²) in [6.45, 7) is 1.94. The van der Waals surface area contributed by atoms with Crippen molar-refractivity contribution in [1.82, 2.24) is 0 Å². The molecule has 2 nitrogen and oxygen atoms in total. The van der Waals surface area contributed by atoms with Crippen molar-refractivity contribution >= 4 is 23.6 Å². The van der Waals surface area contributed by atoms with E-state index in [1.54, 1.807) is 18.2 Å². The van der Waals surface area contributed by atoms with Gasteiger partial charge in [0.2, 0.25) is 0 Å². The molecule has 1 N–H and O–H groups in total. The summed E-state index contributed by atoms with van der Waals surface area (Å²) in [5.74, 6) is -0.356. The topological polar surface area (TPSA) is 37.3 Å². The molecule has 0 radical (unpaired) electrons. The van der Waals surface area contributed by atoms with E-state index >= 15 is 0 Å². The number of aromatic carboxylic acids is 1. The van der Waals surface area contributed by atoms with E-state index in [9.17, 15) is 4.79 Å². The van der Waals surface area contributed by atoms with Gasteiger partial charge in [0.25, 0.3) is 0 Å². The summed E-state index contributed by atoms with van der Waals surface area (Å²) in [6, 6.07) is 5.27. The summed E-state index contributed by atoms with van der Waals surface area (Å²) in [4.78, 5) is 10.9.